The molecular formula is C19H17F3N4O. The molecule has 3 aromatic rings. The van der Waals surface area contributed by atoms with Gasteiger partial charge in [0.15, 0.2) is 5.78 Å². The standard InChI is InChI=1S/C19H17F3N4O/c1-10(2)11-3-5-12(6-4-11)13-7-15-14(16(27)8-13)9-26-18(23-15)24-17(25-26)19(20,21)22/h3-6,9-10,13H,7-8H2,1-2H3/t13-/m0/s1. The molecule has 0 bridgehead atoms. The minimum absolute atomic E-state index is 0.0498. The Bertz CT molecular complexity index is 1020. The molecule has 0 saturated heterocycles. The first kappa shape index (κ1) is 17.6. The van der Waals surface area contributed by atoms with Crippen LogP contribution in [-0.2, 0) is 12.6 Å². The molecule has 1 aliphatic carbocycles. The smallest absolute Gasteiger partial charge is 0.294 e. The Labute approximate surface area is 153 Å². The molecule has 4 rings (SSSR count). The van der Waals surface area contributed by atoms with Crippen LogP contribution in [0.15, 0.2) is 30.5 Å². The van der Waals surface area contributed by atoms with Crippen LogP contribution < -0.4 is 0 Å². The number of carbonyl (C=O) groups excluding carboxylic acids is 1. The van der Waals surface area contributed by atoms with E-state index in [9.17, 15) is 18.0 Å². The van der Waals surface area contributed by atoms with Crippen molar-refractivity contribution in [3.63, 3.8) is 0 Å². The van der Waals surface area contributed by atoms with Crippen molar-refractivity contribution < 1.29 is 18.0 Å². The van der Waals surface area contributed by atoms with E-state index in [-0.39, 0.29) is 17.5 Å². The molecule has 2 aromatic heterocycles. The summed E-state index contributed by atoms with van der Waals surface area (Å²) in [4.78, 5) is 20.2. The van der Waals surface area contributed by atoms with Crippen molar-refractivity contribution in [2.45, 2.75) is 44.7 Å². The number of halogens is 3. The molecule has 0 N–H and O–H groups in total. The number of fused-ring (bicyclic) bond motifs is 2. The second kappa shape index (κ2) is 6.14. The Morgan fingerprint density at radius 2 is 1.81 bits per heavy atom. The number of alkyl halides is 3. The molecule has 5 nitrogen and oxygen atoms in total. The molecule has 0 spiro atoms. The maximum Gasteiger partial charge on any atom is 0.453 e. The van der Waals surface area contributed by atoms with Crippen LogP contribution in [0.4, 0.5) is 13.2 Å². The zero-order valence-electron chi connectivity index (χ0n) is 14.8. The summed E-state index contributed by atoms with van der Waals surface area (Å²) in [6.07, 6.45) is -2.58. The predicted octanol–water partition coefficient (Wildman–Crippen LogP) is 4.18. The zero-order chi connectivity index (χ0) is 19.3. The predicted molar refractivity (Wildman–Crippen MR) is 91.7 cm³/mol. The van der Waals surface area contributed by atoms with E-state index in [4.69, 9.17) is 0 Å². The van der Waals surface area contributed by atoms with E-state index >= 15 is 0 Å². The molecule has 140 valence electrons. The molecule has 1 atom stereocenters. The quantitative estimate of drug-likeness (QED) is 0.675. The summed E-state index contributed by atoms with van der Waals surface area (Å²) in [5.74, 6) is -1.19. The lowest BCUT2D eigenvalue weighted by Crippen LogP contribution is -2.21. The number of aromatic nitrogens is 4. The van der Waals surface area contributed by atoms with Crippen molar-refractivity contribution >= 4 is 11.6 Å². The number of benzene rings is 1. The molecular weight excluding hydrogens is 357 g/mol. The molecule has 1 aromatic carbocycles. The first-order valence-electron chi connectivity index (χ1n) is 8.69. The maximum absolute atomic E-state index is 12.8. The highest BCUT2D eigenvalue weighted by molar-refractivity contribution is 5.98. The third kappa shape index (κ3) is 3.20. The van der Waals surface area contributed by atoms with Gasteiger partial charge in [0.1, 0.15) is 0 Å². The van der Waals surface area contributed by atoms with Crippen LogP contribution in [0.1, 0.15) is 65.1 Å². The average molecular weight is 374 g/mol. The van der Waals surface area contributed by atoms with Crippen LogP contribution in [0.5, 0.6) is 0 Å². The third-order valence-electron chi connectivity index (χ3n) is 4.91. The van der Waals surface area contributed by atoms with Crippen molar-refractivity contribution in [2.24, 2.45) is 0 Å². The van der Waals surface area contributed by atoms with Gasteiger partial charge in [-0.3, -0.25) is 4.79 Å². The van der Waals surface area contributed by atoms with Gasteiger partial charge in [-0.25, -0.2) is 9.50 Å². The van der Waals surface area contributed by atoms with Crippen molar-refractivity contribution in [1.29, 1.82) is 0 Å². The van der Waals surface area contributed by atoms with E-state index in [1.54, 1.807) is 0 Å². The number of hydrogen-bond donors (Lipinski definition) is 0. The molecule has 0 saturated carbocycles. The van der Waals surface area contributed by atoms with Crippen molar-refractivity contribution in [3.8, 4) is 0 Å². The van der Waals surface area contributed by atoms with E-state index < -0.39 is 12.0 Å². The third-order valence-corrected chi connectivity index (χ3v) is 4.91. The van der Waals surface area contributed by atoms with Crippen LogP contribution in [0, 0.1) is 0 Å². The number of nitrogens with zero attached hydrogens (tertiary/aromatic N) is 4. The second-order valence-electron chi connectivity index (χ2n) is 7.13. The molecule has 0 fully saturated rings. The van der Waals surface area contributed by atoms with Gasteiger partial charge in [-0.1, -0.05) is 38.1 Å². The van der Waals surface area contributed by atoms with E-state index in [2.05, 4.69) is 28.9 Å². The topological polar surface area (TPSA) is 60.2 Å². The van der Waals surface area contributed by atoms with E-state index in [1.807, 2.05) is 24.3 Å². The largest absolute Gasteiger partial charge is 0.453 e. The summed E-state index contributed by atoms with van der Waals surface area (Å²) in [7, 11) is 0. The van der Waals surface area contributed by atoms with Crippen LogP contribution in [0.2, 0.25) is 0 Å². The van der Waals surface area contributed by atoms with Gasteiger partial charge >= 0.3 is 6.18 Å². The molecule has 0 radical (unpaired) electrons. The van der Waals surface area contributed by atoms with Crippen molar-refractivity contribution in [2.75, 3.05) is 0 Å². The van der Waals surface area contributed by atoms with Gasteiger partial charge in [0, 0.05) is 12.6 Å². The minimum Gasteiger partial charge on any atom is -0.294 e. The molecule has 8 heteroatoms. The molecule has 0 aliphatic heterocycles. The fraction of sp³-hybridized carbons (Fsp3) is 0.368. The van der Waals surface area contributed by atoms with Crippen LogP contribution in [0.25, 0.3) is 5.78 Å². The lowest BCUT2D eigenvalue weighted by molar-refractivity contribution is -0.144. The van der Waals surface area contributed by atoms with Gasteiger partial charge in [0.05, 0.1) is 11.3 Å². The zero-order valence-corrected chi connectivity index (χ0v) is 14.8. The number of ketones is 1. The van der Waals surface area contributed by atoms with E-state index in [1.165, 1.54) is 11.8 Å². The molecule has 0 amide bonds. The Balaban J connectivity index is 1.69. The number of rotatable bonds is 2. The maximum atomic E-state index is 12.8. The highest BCUT2D eigenvalue weighted by Crippen LogP contribution is 2.33. The first-order valence-corrected chi connectivity index (χ1v) is 8.69. The van der Waals surface area contributed by atoms with Gasteiger partial charge < -0.3 is 0 Å². The highest BCUT2D eigenvalue weighted by Gasteiger charge is 2.37. The lowest BCUT2D eigenvalue weighted by Gasteiger charge is -2.23. The number of Topliss-reactive ketones (excluding diaryl/α,β-unsaturated/α-hetero) is 1. The highest BCUT2D eigenvalue weighted by atomic mass is 19.4. The Kier molecular flexibility index (Phi) is 4.01. The fourth-order valence-corrected chi connectivity index (χ4v) is 3.39. The summed E-state index contributed by atoms with van der Waals surface area (Å²) in [6, 6.07) is 8.11. The van der Waals surface area contributed by atoms with Crippen molar-refractivity contribution in [1.82, 2.24) is 19.6 Å². The Hall–Kier alpha value is -2.77. The Morgan fingerprint density at radius 3 is 2.44 bits per heavy atom. The minimum atomic E-state index is -4.65. The monoisotopic (exact) mass is 374 g/mol. The molecule has 2 heterocycles. The second-order valence-corrected chi connectivity index (χ2v) is 7.13. The normalized spacial score (nSPS) is 17.6. The summed E-state index contributed by atoms with van der Waals surface area (Å²) in [6.45, 7) is 4.22. The van der Waals surface area contributed by atoms with Crippen molar-refractivity contribution in [3.05, 3.63) is 58.7 Å². The van der Waals surface area contributed by atoms with Gasteiger partial charge in [0.25, 0.3) is 11.6 Å². The Morgan fingerprint density at radius 1 is 1.11 bits per heavy atom. The first-order chi connectivity index (χ1) is 12.7. The van der Waals surface area contributed by atoms with Gasteiger partial charge in [0.2, 0.25) is 0 Å². The number of carbonyl (C=O) groups is 1. The van der Waals surface area contributed by atoms with Gasteiger partial charge in [-0.15, -0.1) is 5.10 Å². The van der Waals surface area contributed by atoms with Crippen LogP contribution in [0.3, 0.4) is 0 Å². The lowest BCUT2D eigenvalue weighted by atomic mass is 9.81. The van der Waals surface area contributed by atoms with E-state index in [0.29, 0.717) is 30.0 Å². The SMILES string of the molecule is CC(C)c1ccc([C@@H]2CC(=O)c3cn4nc(C(F)(F)F)nc4nc3C2)cc1. The molecule has 0 unspecified atom stereocenters. The van der Waals surface area contributed by atoms with Crippen LogP contribution in [-0.4, -0.2) is 25.4 Å². The van der Waals surface area contributed by atoms with Gasteiger partial charge in [-0.2, -0.15) is 18.2 Å². The summed E-state index contributed by atoms with van der Waals surface area (Å²) in [5, 5.41) is 3.40. The van der Waals surface area contributed by atoms with E-state index in [0.717, 1.165) is 10.1 Å². The molecule has 27 heavy (non-hydrogen) atoms. The summed E-state index contributed by atoms with van der Waals surface area (Å²) in [5.41, 5.74) is 3.02. The van der Waals surface area contributed by atoms with Gasteiger partial charge in [-0.05, 0) is 29.4 Å². The average Bonchev–Trinajstić information content (AvgIpc) is 3.03. The molecule has 1 aliphatic rings. The summed E-state index contributed by atoms with van der Waals surface area (Å²) < 4.78 is 39.4. The summed E-state index contributed by atoms with van der Waals surface area (Å²) >= 11 is 0. The van der Waals surface area contributed by atoms with Crippen LogP contribution >= 0.6 is 0 Å². The fourth-order valence-electron chi connectivity index (χ4n) is 3.39. The number of hydrogen-bond acceptors (Lipinski definition) is 4.